The van der Waals surface area contributed by atoms with E-state index in [0.29, 0.717) is 17.8 Å². The number of halogens is 1. The normalized spacial score (nSPS) is 14.9. The molecule has 0 unspecified atom stereocenters. The van der Waals surface area contributed by atoms with Crippen LogP contribution in [0.1, 0.15) is 24.7 Å². The molecule has 0 N–H and O–H groups in total. The van der Waals surface area contributed by atoms with Crippen molar-refractivity contribution in [2.24, 2.45) is 0 Å². The maximum absolute atomic E-state index is 14.0. The number of aromatic nitrogens is 1. The van der Waals surface area contributed by atoms with Crippen LogP contribution in [0.4, 0.5) is 10.1 Å². The highest BCUT2D eigenvalue weighted by Gasteiger charge is 2.18. The number of nitrogens with zero attached hydrogens (tertiary/aromatic N) is 4. The molecule has 0 aliphatic carbocycles. The van der Waals surface area contributed by atoms with Gasteiger partial charge in [0.15, 0.2) is 5.76 Å². The Morgan fingerprint density at radius 2 is 1.78 bits per heavy atom. The Labute approximate surface area is 190 Å². The monoisotopic (exact) mass is 436 g/mol. The fourth-order valence-corrected chi connectivity index (χ4v) is 4.26. The van der Waals surface area contributed by atoms with Crippen LogP contribution in [-0.4, -0.2) is 60.8 Å². The molecule has 5 nitrogen and oxygen atoms in total. The minimum absolute atomic E-state index is 0.276. The maximum Gasteiger partial charge on any atom is 0.151 e. The van der Waals surface area contributed by atoms with Gasteiger partial charge in [0.25, 0.3) is 0 Å². The number of anilines is 1. The molecular weight excluding hydrogens is 403 g/mol. The summed E-state index contributed by atoms with van der Waals surface area (Å²) in [5.41, 5.74) is 3.67. The molecule has 0 spiro atoms. The summed E-state index contributed by atoms with van der Waals surface area (Å²) in [4.78, 5) is 7.39. The van der Waals surface area contributed by atoms with Crippen LogP contribution in [0.25, 0.3) is 11.3 Å². The Balaban J connectivity index is 1.21. The first-order valence-corrected chi connectivity index (χ1v) is 11.6. The number of hydrogen-bond donors (Lipinski definition) is 0. The molecule has 0 atom stereocenters. The minimum atomic E-state index is -0.276. The molecule has 0 saturated carbocycles. The molecule has 32 heavy (non-hydrogen) atoms. The highest BCUT2D eigenvalue weighted by Crippen LogP contribution is 2.23. The van der Waals surface area contributed by atoms with Crippen molar-refractivity contribution in [2.45, 2.75) is 26.8 Å². The van der Waals surface area contributed by atoms with Gasteiger partial charge in [-0.25, -0.2) is 4.39 Å². The molecule has 1 aliphatic rings. The van der Waals surface area contributed by atoms with E-state index in [1.54, 1.807) is 12.1 Å². The maximum atomic E-state index is 14.0. The van der Waals surface area contributed by atoms with Crippen molar-refractivity contribution >= 4 is 5.69 Å². The lowest BCUT2D eigenvalue weighted by molar-refractivity contribution is 0.206. The van der Waals surface area contributed by atoms with Crippen LogP contribution >= 0.6 is 0 Å². The second kappa shape index (κ2) is 10.7. The summed E-state index contributed by atoms with van der Waals surface area (Å²) in [7, 11) is 0. The van der Waals surface area contributed by atoms with E-state index in [1.807, 2.05) is 12.1 Å². The van der Waals surface area contributed by atoms with E-state index < -0.39 is 0 Å². The number of aryl methyl sites for hydroxylation is 1. The molecule has 0 amide bonds. The lowest BCUT2D eigenvalue weighted by Crippen LogP contribution is -2.47. The largest absolute Gasteiger partial charge is 0.369 e. The van der Waals surface area contributed by atoms with E-state index in [0.717, 1.165) is 58.0 Å². The van der Waals surface area contributed by atoms with Gasteiger partial charge in [0.1, 0.15) is 11.5 Å². The zero-order valence-electron chi connectivity index (χ0n) is 19.1. The van der Waals surface area contributed by atoms with Gasteiger partial charge in [0.2, 0.25) is 0 Å². The molecular formula is C26H33FN4O. The average molecular weight is 437 g/mol. The topological polar surface area (TPSA) is 35.8 Å². The summed E-state index contributed by atoms with van der Waals surface area (Å²) in [5, 5.41) is 4.07. The number of rotatable bonds is 9. The van der Waals surface area contributed by atoms with Crippen LogP contribution in [0.15, 0.2) is 59.1 Å². The van der Waals surface area contributed by atoms with Crippen LogP contribution in [0.2, 0.25) is 0 Å². The van der Waals surface area contributed by atoms with Crippen molar-refractivity contribution < 1.29 is 8.91 Å². The van der Waals surface area contributed by atoms with E-state index in [9.17, 15) is 4.39 Å². The van der Waals surface area contributed by atoms with Crippen LogP contribution < -0.4 is 4.90 Å². The highest BCUT2D eigenvalue weighted by molar-refractivity contribution is 5.59. The van der Waals surface area contributed by atoms with Crippen molar-refractivity contribution in [1.29, 1.82) is 0 Å². The molecule has 1 aliphatic heterocycles. The predicted octanol–water partition coefficient (Wildman–Crippen LogP) is 4.82. The van der Waals surface area contributed by atoms with Gasteiger partial charge < -0.3 is 9.42 Å². The quantitative estimate of drug-likeness (QED) is 0.480. The highest BCUT2D eigenvalue weighted by atomic mass is 19.1. The molecule has 2 heterocycles. The summed E-state index contributed by atoms with van der Waals surface area (Å²) in [6.07, 6.45) is 1.12. The van der Waals surface area contributed by atoms with E-state index in [-0.39, 0.29) is 5.82 Å². The summed E-state index contributed by atoms with van der Waals surface area (Å²) in [5.74, 6) is 0.499. The van der Waals surface area contributed by atoms with Crippen molar-refractivity contribution in [3.05, 3.63) is 71.7 Å². The summed E-state index contributed by atoms with van der Waals surface area (Å²) < 4.78 is 19.5. The zero-order chi connectivity index (χ0) is 22.3. The second-order valence-electron chi connectivity index (χ2n) is 8.54. The standard InChI is InChI=1S/C26H33FN4O/c1-3-29(20-23-19-26(28-32-23)24-7-4-5-8-25(24)27)13-6-14-30-15-17-31(18-16-30)22-11-9-21(2)10-12-22/h4-5,7-12,19H,3,6,13-18,20H2,1-2H3. The first-order chi connectivity index (χ1) is 15.6. The number of benzene rings is 2. The van der Waals surface area contributed by atoms with Gasteiger partial charge in [-0.05, 0) is 57.2 Å². The Hall–Kier alpha value is -2.70. The first-order valence-electron chi connectivity index (χ1n) is 11.6. The van der Waals surface area contributed by atoms with Crippen molar-refractivity contribution in [3.63, 3.8) is 0 Å². The molecule has 1 fully saturated rings. The van der Waals surface area contributed by atoms with Gasteiger partial charge in [-0.15, -0.1) is 0 Å². The van der Waals surface area contributed by atoms with Gasteiger partial charge in [-0.2, -0.15) is 0 Å². The van der Waals surface area contributed by atoms with E-state index in [2.05, 4.69) is 58.0 Å². The Bertz CT molecular complexity index is 980. The molecule has 170 valence electrons. The van der Waals surface area contributed by atoms with Crippen LogP contribution in [0, 0.1) is 12.7 Å². The Kier molecular flexibility index (Phi) is 7.55. The van der Waals surface area contributed by atoms with Crippen LogP contribution in [0.5, 0.6) is 0 Å². The third kappa shape index (κ3) is 5.75. The smallest absolute Gasteiger partial charge is 0.151 e. The van der Waals surface area contributed by atoms with Gasteiger partial charge >= 0.3 is 0 Å². The number of hydrogen-bond acceptors (Lipinski definition) is 5. The molecule has 0 bridgehead atoms. The Morgan fingerprint density at radius 1 is 1.03 bits per heavy atom. The predicted molar refractivity (Wildman–Crippen MR) is 127 cm³/mol. The molecule has 1 saturated heterocycles. The second-order valence-corrected chi connectivity index (χ2v) is 8.54. The molecule has 1 aromatic heterocycles. The van der Waals surface area contributed by atoms with Crippen LogP contribution in [0.3, 0.4) is 0 Å². The van der Waals surface area contributed by atoms with E-state index in [1.165, 1.54) is 17.3 Å². The third-order valence-electron chi connectivity index (χ3n) is 6.26. The average Bonchev–Trinajstić information content (AvgIpc) is 3.28. The molecule has 4 rings (SSSR count). The van der Waals surface area contributed by atoms with E-state index >= 15 is 0 Å². The van der Waals surface area contributed by atoms with Crippen molar-refractivity contribution in [3.8, 4) is 11.3 Å². The van der Waals surface area contributed by atoms with Crippen molar-refractivity contribution in [2.75, 3.05) is 50.7 Å². The van der Waals surface area contributed by atoms with Gasteiger partial charge in [0.05, 0.1) is 6.54 Å². The van der Waals surface area contributed by atoms with Gasteiger partial charge in [-0.1, -0.05) is 41.9 Å². The first kappa shape index (κ1) is 22.5. The van der Waals surface area contributed by atoms with Crippen LogP contribution in [-0.2, 0) is 6.54 Å². The zero-order valence-corrected chi connectivity index (χ0v) is 19.1. The fourth-order valence-electron chi connectivity index (χ4n) is 4.26. The molecule has 3 aromatic rings. The summed E-state index contributed by atoms with van der Waals surface area (Å²) >= 11 is 0. The fraction of sp³-hybridized carbons (Fsp3) is 0.423. The summed E-state index contributed by atoms with van der Waals surface area (Å²) in [6.45, 7) is 12.4. The summed E-state index contributed by atoms with van der Waals surface area (Å²) in [6, 6.07) is 17.4. The SMILES string of the molecule is CCN(CCCN1CCN(c2ccc(C)cc2)CC1)Cc1cc(-c2ccccc2F)no1. The van der Waals surface area contributed by atoms with Gasteiger partial charge in [-0.3, -0.25) is 9.80 Å². The third-order valence-corrected chi connectivity index (χ3v) is 6.26. The molecule has 2 aromatic carbocycles. The molecule has 6 heteroatoms. The molecule has 0 radical (unpaired) electrons. The Morgan fingerprint density at radius 3 is 2.50 bits per heavy atom. The number of piperazine rings is 1. The minimum Gasteiger partial charge on any atom is -0.369 e. The van der Waals surface area contributed by atoms with E-state index in [4.69, 9.17) is 4.52 Å². The lowest BCUT2D eigenvalue weighted by atomic mass is 10.1. The lowest BCUT2D eigenvalue weighted by Gasteiger charge is -2.36. The van der Waals surface area contributed by atoms with Crippen molar-refractivity contribution in [1.82, 2.24) is 15.0 Å². The van der Waals surface area contributed by atoms with Gasteiger partial charge in [0, 0.05) is 43.5 Å².